The number of nitrogens with zero attached hydrogens (tertiary/aromatic N) is 1. The van der Waals surface area contributed by atoms with E-state index in [0.717, 1.165) is 18.6 Å². The second-order valence-corrected chi connectivity index (χ2v) is 5.68. The molecule has 0 unspecified atom stereocenters. The molecule has 1 heterocycles. The summed E-state index contributed by atoms with van der Waals surface area (Å²) in [6, 6.07) is 9.67. The van der Waals surface area contributed by atoms with E-state index in [9.17, 15) is 22.8 Å². The standard InChI is InChI=1S/C18H15F3N2O3/c19-14-10-12(6-7-15(14)26-18(20)21)22-17(25)11-3-1-4-13(9-11)23-8-2-5-16(23)24/h1,3-4,6-7,9-10,18H,2,5,8H2,(H,22,25). The lowest BCUT2D eigenvalue weighted by Gasteiger charge is -2.16. The first-order valence-corrected chi connectivity index (χ1v) is 7.90. The summed E-state index contributed by atoms with van der Waals surface area (Å²) in [5.74, 6) is -2.13. The molecule has 5 nitrogen and oxygen atoms in total. The lowest BCUT2D eigenvalue weighted by atomic mass is 10.1. The number of hydrogen-bond donors (Lipinski definition) is 1. The maximum Gasteiger partial charge on any atom is 0.387 e. The van der Waals surface area contributed by atoms with Gasteiger partial charge >= 0.3 is 6.61 Å². The molecule has 2 aromatic carbocycles. The molecule has 1 N–H and O–H groups in total. The van der Waals surface area contributed by atoms with Gasteiger partial charge in [-0.15, -0.1) is 0 Å². The van der Waals surface area contributed by atoms with Crippen LogP contribution in [-0.2, 0) is 4.79 Å². The topological polar surface area (TPSA) is 58.6 Å². The summed E-state index contributed by atoms with van der Waals surface area (Å²) in [6.45, 7) is -2.54. The van der Waals surface area contributed by atoms with E-state index in [1.165, 1.54) is 6.07 Å². The van der Waals surface area contributed by atoms with Gasteiger partial charge < -0.3 is 15.0 Å². The van der Waals surface area contributed by atoms with Crippen LogP contribution in [0.3, 0.4) is 0 Å². The molecule has 1 fully saturated rings. The number of amides is 2. The van der Waals surface area contributed by atoms with Crippen molar-refractivity contribution >= 4 is 23.2 Å². The van der Waals surface area contributed by atoms with Crippen LogP contribution < -0.4 is 15.0 Å². The summed E-state index contributed by atoms with van der Waals surface area (Å²) in [7, 11) is 0. The first kappa shape index (κ1) is 17.8. The molecule has 0 spiro atoms. The molecule has 0 aromatic heterocycles. The van der Waals surface area contributed by atoms with E-state index in [1.807, 2.05) is 0 Å². The molecule has 0 radical (unpaired) electrons. The van der Waals surface area contributed by atoms with Crippen molar-refractivity contribution in [2.24, 2.45) is 0 Å². The van der Waals surface area contributed by atoms with Gasteiger partial charge in [0.05, 0.1) is 0 Å². The van der Waals surface area contributed by atoms with Crippen LogP contribution in [0.5, 0.6) is 5.75 Å². The molecule has 26 heavy (non-hydrogen) atoms. The Kier molecular flexibility index (Phi) is 5.11. The Labute approximate surface area is 147 Å². The summed E-state index contributed by atoms with van der Waals surface area (Å²) in [5.41, 5.74) is 0.999. The van der Waals surface area contributed by atoms with Crippen LogP contribution in [0.1, 0.15) is 23.2 Å². The predicted molar refractivity (Wildman–Crippen MR) is 89.0 cm³/mol. The minimum absolute atomic E-state index is 0.000696. The van der Waals surface area contributed by atoms with Crippen molar-refractivity contribution in [2.75, 3.05) is 16.8 Å². The highest BCUT2D eigenvalue weighted by molar-refractivity contribution is 6.05. The van der Waals surface area contributed by atoms with Crippen molar-refractivity contribution in [3.05, 3.63) is 53.8 Å². The largest absolute Gasteiger partial charge is 0.432 e. The summed E-state index contributed by atoms with van der Waals surface area (Å²) < 4.78 is 42.0. The molecular weight excluding hydrogens is 349 g/mol. The van der Waals surface area contributed by atoms with Gasteiger partial charge in [-0.2, -0.15) is 8.78 Å². The van der Waals surface area contributed by atoms with Crippen molar-refractivity contribution in [2.45, 2.75) is 19.5 Å². The third kappa shape index (κ3) is 3.96. The number of carbonyl (C=O) groups is 2. The lowest BCUT2D eigenvalue weighted by Crippen LogP contribution is -2.24. The van der Waals surface area contributed by atoms with Crippen LogP contribution in [-0.4, -0.2) is 25.0 Å². The van der Waals surface area contributed by atoms with Gasteiger partial charge in [0.15, 0.2) is 11.6 Å². The van der Waals surface area contributed by atoms with Gasteiger partial charge in [-0.3, -0.25) is 9.59 Å². The average molecular weight is 364 g/mol. The smallest absolute Gasteiger partial charge is 0.387 e. The number of hydrogen-bond acceptors (Lipinski definition) is 3. The molecule has 1 aliphatic heterocycles. The first-order chi connectivity index (χ1) is 12.4. The summed E-state index contributed by atoms with van der Waals surface area (Å²) in [5, 5.41) is 2.48. The monoisotopic (exact) mass is 364 g/mol. The Bertz CT molecular complexity index is 842. The van der Waals surface area contributed by atoms with E-state index < -0.39 is 24.1 Å². The minimum Gasteiger partial charge on any atom is -0.432 e. The highest BCUT2D eigenvalue weighted by Gasteiger charge is 2.22. The van der Waals surface area contributed by atoms with E-state index in [2.05, 4.69) is 10.1 Å². The number of rotatable bonds is 5. The van der Waals surface area contributed by atoms with Gasteiger partial charge in [-0.05, 0) is 36.8 Å². The van der Waals surface area contributed by atoms with Crippen molar-refractivity contribution in [1.29, 1.82) is 0 Å². The zero-order chi connectivity index (χ0) is 18.7. The molecule has 0 aliphatic carbocycles. The SMILES string of the molecule is O=C(Nc1ccc(OC(F)F)c(F)c1)c1cccc(N2CCCC2=O)c1. The van der Waals surface area contributed by atoms with E-state index in [0.29, 0.717) is 18.7 Å². The number of nitrogens with one attached hydrogen (secondary N) is 1. The van der Waals surface area contributed by atoms with Gasteiger partial charge in [0, 0.05) is 36.0 Å². The van der Waals surface area contributed by atoms with Crippen molar-refractivity contribution in [1.82, 2.24) is 0 Å². The van der Waals surface area contributed by atoms with Crippen LogP contribution in [0.15, 0.2) is 42.5 Å². The van der Waals surface area contributed by atoms with E-state index in [-0.39, 0.29) is 17.2 Å². The molecule has 136 valence electrons. The second-order valence-electron chi connectivity index (χ2n) is 5.68. The Balaban J connectivity index is 1.74. The van der Waals surface area contributed by atoms with Crippen LogP contribution in [0, 0.1) is 5.82 Å². The number of alkyl halides is 2. The Morgan fingerprint density at radius 3 is 2.65 bits per heavy atom. The number of anilines is 2. The Hall–Kier alpha value is -3.03. The summed E-state index contributed by atoms with van der Waals surface area (Å²) >= 11 is 0. The van der Waals surface area contributed by atoms with Gasteiger partial charge in [0.25, 0.3) is 5.91 Å². The molecule has 1 saturated heterocycles. The third-order valence-corrected chi connectivity index (χ3v) is 3.90. The number of halogens is 3. The van der Waals surface area contributed by atoms with Crippen molar-refractivity contribution < 1.29 is 27.5 Å². The van der Waals surface area contributed by atoms with Crippen LogP contribution in [0.4, 0.5) is 24.5 Å². The molecule has 2 aromatic rings. The van der Waals surface area contributed by atoms with Crippen molar-refractivity contribution in [3.63, 3.8) is 0 Å². The summed E-state index contributed by atoms with van der Waals surface area (Å²) in [4.78, 5) is 25.8. The number of carbonyl (C=O) groups excluding carboxylic acids is 2. The Morgan fingerprint density at radius 2 is 2.00 bits per heavy atom. The van der Waals surface area contributed by atoms with Crippen LogP contribution in [0.2, 0.25) is 0 Å². The maximum absolute atomic E-state index is 13.7. The average Bonchev–Trinajstić information content (AvgIpc) is 3.03. The van der Waals surface area contributed by atoms with Gasteiger partial charge in [-0.25, -0.2) is 4.39 Å². The molecule has 1 aliphatic rings. The quantitative estimate of drug-likeness (QED) is 0.878. The lowest BCUT2D eigenvalue weighted by molar-refractivity contribution is -0.117. The predicted octanol–water partition coefficient (Wildman–Crippen LogP) is 3.81. The zero-order valence-corrected chi connectivity index (χ0v) is 13.5. The van der Waals surface area contributed by atoms with Gasteiger partial charge in [0.1, 0.15) is 0 Å². The fraction of sp³-hybridized carbons (Fsp3) is 0.222. The highest BCUT2D eigenvalue weighted by Crippen LogP contribution is 2.25. The van der Waals surface area contributed by atoms with Gasteiger partial charge in [-0.1, -0.05) is 6.07 Å². The zero-order valence-electron chi connectivity index (χ0n) is 13.5. The van der Waals surface area contributed by atoms with Crippen LogP contribution >= 0.6 is 0 Å². The summed E-state index contributed by atoms with van der Waals surface area (Å²) in [6.07, 6.45) is 1.24. The maximum atomic E-state index is 13.7. The van der Waals surface area contributed by atoms with E-state index >= 15 is 0 Å². The molecule has 3 rings (SSSR count). The van der Waals surface area contributed by atoms with E-state index in [4.69, 9.17) is 0 Å². The van der Waals surface area contributed by atoms with Gasteiger partial charge in [0.2, 0.25) is 5.91 Å². The molecule has 2 amide bonds. The fourth-order valence-corrected chi connectivity index (χ4v) is 2.71. The van der Waals surface area contributed by atoms with Crippen LogP contribution in [0.25, 0.3) is 0 Å². The number of benzene rings is 2. The normalized spacial score (nSPS) is 14.0. The third-order valence-electron chi connectivity index (χ3n) is 3.90. The molecular formula is C18H15F3N2O3. The number of ether oxygens (including phenoxy) is 1. The van der Waals surface area contributed by atoms with E-state index in [1.54, 1.807) is 29.2 Å². The second kappa shape index (κ2) is 7.47. The molecule has 8 heteroatoms. The minimum atomic E-state index is -3.14. The van der Waals surface area contributed by atoms with Crippen molar-refractivity contribution in [3.8, 4) is 5.75 Å². The fourth-order valence-electron chi connectivity index (χ4n) is 2.71. The Morgan fingerprint density at radius 1 is 1.19 bits per heavy atom. The molecule has 0 bridgehead atoms. The molecule has 0 saturated carbocycles. The highest BCUT2D eigenvalue weighted by atomic mass is 19.3. The molecule has 0 atom stereocenters. The first-order valence-electron chi connectivity index (χ1n) is 7.90.